The highest BCUT2D eigenvalue weighted by Crippen LogP contribution is 2.50. The molecule has 2 aliphatic heterocycles. The Morgan fingerprint density at radius 2 is 2.28 bits per heavy atom. The second-order valence-corrected chi connectivity index (χ2v) is 5.94. The molecular weight excluding hydrogens is 232 g/mol. The Morgan fingerprint density at radius 1 is 1.39 bits per heavy atom. The summed E-state index contributed by atoms with van der Waals surface area (Å²) < 4.78 is 10.8. The molecule has 0 aromatic carbocycles. The summed E-state index contributed by atoms with van der Waals surface area (Å²) in [5.74, 6) is 1.40. The minimum absolute atomic E-state index is 0.411. The maximum atomic E-state index is 11.6. The molecule has 4 atom stereocenters. The van der Waals surface area contributed by atoms with Crippen molar-refractivity contribution in [2.24, 2.45) is 11.3 Å². The number of hydrogen-bond donors (Lipinski definition) is 1. The van der Waals surface area contributed by atoms with Crippen molar-refractivity contribution in [1.29, 1.82) is 0 Å². The minimum Gasteiger partial charge on any atom is -0.481 e. The van der Waals surface area contributed by atoms with Crippen LogP contribution in [-0.2, 0) is 14.3 Å². The van der Waals surface area contributed by atoms with Crippen LogP contribution in [0.15, 0.2) is 23.7 Å². The van der Waals surface area contributed by atoms with E-state index in [1.807, 2.05) is 12.2 Å². The molecule has 4 unspecified atom stereocenters. The number of rotatable bonds is 3. The number of carboxylic acid groups (broad SMARTS) is 1. The summed E-state index contributed by atoms with van der Waals surface area (Å²) in [6.45, 7) is 0. The number of allylic oxidation sites excluding steroid dienone is 1. The summed E-state index contributed by atoms with van der Waals surface area (Å²) in [4.78, 5) is 11.6. The third kappa shape index (κ3) is 1.59. The van der Waals surface area contributed by atoms with E-state index >= 15 is 0 Å². The molecule has 4 heteroatoms. The van der Waals surface area contributed by atoms with Gasteiger partial charge in [-0.1, -0.05) is 0 Å². The summed E-state index contributed by atoms with van der Waals surface area (Å²) in [6.07, 6.45) is 9.13. The lowest BCUT2D eigenvalue weighted by molar-refractivity contribution is -0.147. The zero-order valence-electron chi connectivity index (χ0n) is 10.1. The predicted octanol–water partition coefficient (Wildman–Crippen LogP) is 2.22. The Labute approximate surface area is 105 Å². The average Bonchev–Trinajstić information content (AvgIpc) is 3.22. The van der Waals surface area contributed by atoms with Crippen molar-refractivity contribution in [2.45, 2.75) is 44.3 Å². The van der Waals surface area contributed by atoms with E-state index in [2.05, 4.69) is 0 Å². The summed E-state index contributed by atoms with van der Waals surface area (Å²) in [6, 6.07) is 0. The van der Waals surface area contributed by atoms with Crippen LogP contribution in [0.2, 0.25) is 0 Å². The molecule has 96 valence electrons. The second kappa shape index (κ2) is 3.38. The fourth-order valence-electron chi connectivity index (χ4n) is 3.49. The molecule has 4 rings (SSSR count). The smallest absolute Gasteiger partial charge is 0.313 e. The highest BCUT2D eigenvalue weighted by molar-refractivity contribution is 5.79. The average molecular weight is 248 g/mol. The fraction of sp³-hybridized carbons (Fsp3) is 0.643. The van der Waals surface area contributed by atoms with Crippen molar-refractivity contribution in [3.63, 3.8) is 0 Å². The molecular formula is C14H16O4. The van der Waals surface area contributed by atoms with Crippen molar-refractivity contribution < 1.29 is 19.4 Å². The van der Waals surface area contributed by atoms with Gasteiger partial charge < -0.3 is 14.6 Å². The van der Waals surface area contributed by atoms with Gasteiger partial charge in [0.25, 0.3) is 0 Å². The van der Waals surface area contributed by atoms with Gasteiger partial charge in [0.05, 0.1) is 17.6 Å². The lowest BCUT2D eigenvalue weighted by Gasteiger charge is -2.30. The number of epoxide rings is 2. The normalized spacial score (nSPS) is 43.9. The van der Waals surface area contributed by atoms with Crippen molar-refractivity contribution >= 4 is 5.97 Å². The Balaban J connectivity index is 1.53. The maximum absolute atomic E-state index is 11.6. The monoisotopic (exact) mass is 248 g/mol. The van der Waals surface area contributed by atoms with Crippen molar-refractivity contribution in [3.05, 3.63) is 23.7 Å². The molecule has 0 spiro atoms. The lowest BCUT2D eigenvalue weighted by Crippen LogP contribution is -2.33. The fourth-order valence-corrected chi connectivity index (χ4v) is 3.49. The van der Waals surface area contributed by atoms with E-state index in [1.165, 1.54) is 0 Å². The van der Waals surface area contributed by atoms with Crippen LogP contribution in [0.5, 0.6) is 0 Å². The molecule has 3 fully saturated rings. The number of hydrogen-bond acceptors (Lipinski definition) is 3. The first-order valence-electron chi connectivity index (χ1n) is 6.66. The molecule has 0 aromatic heterocycles. The van der Waals surface area contributed by atoms with Crippen LogP contribution in [0.25, 0.3) is 0 Å². The van der Waals surface area contributed by atoms with E-state index in [1.54, 1.807) is 0 Å². The van der Waals surface area contributed by atoms with Crippen molar-refractivity contribution in [1.82, 2.24) is 0 Å². The third-order valence-electron chi connectivity index (χ3n) is 4.67. The van der Waals surface area contributed by atoms with Gasteiger partial charge in [0.15, 0.2) is 11.5 Å². The second-order valence-electron chi connectivity index (χ2n) is 5.94. The van der Waals surface area contributed by atoms with Crippen LogP contribution >= 0.6 is 0 Å². The zero-order valence-corrected chi connectivity index (χ0v) is 10.1. The van der Waals surface area contributed by atoms with Crippen LogP contribution in [0.3, 0.4) is 0 Å². The van der Waals surface area contributed by atoms with Crippen LogP contribution in [-0.4, -0.2) is 23.3 Å². The van der Waals surface area contributed by atoms with Gasteiger partial charge >= 0.3 is 5.97 Å². The summed E-state index contributed by atoms with van der Waals surface area (Å²) in [5.41, 5.74) is -0.748. The van der Waals surface area contributed by atoms with E-state index in [0.717, 1.165) is 30.8 Å². The van der Waals surface area contributed by atoms with E-state index in [0.29, 0.717) is 31.0 Å². The summed E-state index contributed by atoms with van der Waals surface area (Å²) in [7, 11) is 0. The van der Waals surface area contributed by atoms with Gasteiger partial charge in [0.2, 0.25) is 0 Å². The minimum atomic E-state index is -0.748. The molecule has 0 bridgehead atoms. The van der Waals surface area contributed by atoms with Crippen LogP contribution < -0.4 is 0 Å². The van der Waals surface area contributed by atoms with E-state index in [4.69, 9.17) is 9.47 Å². The lowest BCUT2D eigenvalue weighted by atomic mass is 9.71. The molecule has 1 saturated carbocycles. The van der Waals surface area contributed by atoms with Gasteiger partial charge in [-0.05, 0) is 50.2 Å². The van der Waals surface area contributed by atoms with E-state index in [-0.39, 0.29) is 0 Å². The first-order chi connectivity index (χ1) is 8.66. The van der Waals surface area contributed by atoms with Gasteiger partial charge in [-0.3, -0.25) is 4.79 Å². The molecule has 4 nitrogen and oxygen atoms in total. The topological polar surface area (TPSA) is 62.4 Å². The molecule has 2 saturated heterocycles. The number of fused-ring (bicyclic) bond motifs is 2. The number of carbonyl (C=O) groups is 1. The van der Waals surface area contributed by atoms with E-state index in [9.17, 15) is 9.90 Å². The molecule has 2 heterocycles. The Morgan fingerprint density at radius 3 is 3.00 bits per heavy atom. The Bertz CT molecular complexity index is 478. The van der Waals surface area contributed by atoms with Gasteiger partial charge in [0, 0.05) is 0 Å². The van der Waals surface area contributed by atoms with Crippen LogP contribution in [0.4, 0.5) is 0 Å². The van der Waals surface area contributed by atoms with E-state index < -0.39 is 11.4 Å². The molecule has 0 amide bonds. The van der Waals surface area contributed by atoms with Gasteiger partial charge in [-0.25, -0.2) is 0 Å². The number of ether oxygens (including phenoxy) is 2. The number of aliphatic carboxylic acids is 1. The standard InChI is InChI=1S/C14H16O4/c15-13(16)14(4-3-10-12(7-14)18-10)6-8-1-2-9-11(5-8)17-9/h3,7-9,11H,1-2,4-6H2,(H,15,16). The van der Waals surface area contributed by atoms with Gasteiger partial charge in [0.1, 0.15) is 0 Å². The van der Waals surface area contributed by atoms with Gasteiger partial charge in [-0.15, -0.1) is 0 Å². The van der Waals surface area contributed by atoms with Crippen LogP contribution in [0.1, 0.15) is 32.1 Å². The highest BCUT2D eigenvalue weighted by Gasteiger charge is 2.49. The third-order valence-corrected chi connectivity index (χ3v) is 4.67. The zero-order chi connectivity index (χ0) is 12.3. The molecule has 4 aliphatic rings. The molecule has 0 radical (unpaired) electrons. The highest BCUT2D eigenvalue weighted by atomic mass is 16.6. The summed E-state index contributed by atoms with van der Waals surface area (Å²) in [5, 5.41) is 9.57. The molecule has 2 aliphatic carbocycles. The SMILES string of the molecule is O=C(O)C1(CC2CCC3OC3C2)C=C2OC2=CC1. The maximum Gasteiger partial charge on any atom is 0.313 e. The molecule has 1 N–H and O–H groups in total. The first kappa shape index (κ1) is 10.6. The molecule has 18 heavy (non-hydrogen) atoms. The summed E-state index contributed by atoms with van der Waals surface area (Å²) >= 11 is 0. The number of carboxylic acids is 1. The Kier molecular flexibility index (Phi) is 1.99. The van der Waals surface area contributed by atoms with Gasteiger partial charge in [-0.2, -0.15) is 0 Å². The van der Waals surface area contributed by atoms with Crippen LogP contribution in [0, 0.1) is 11.3 Å². The first-order valence-corrected chi connectivity index (χ1v) is 6.66. The molecule has 0 aromatic rings. The quantitative estimate of drug-likeness (QED) is 0.778. The largest absolute Gasteiger partial charge is 0.481 e. The Hall–Kier alpha value is -1.29. The van der Waals surface area contributed by atoms with Crippen molar-refractivity contribution in [2.75, 3.05) is 0 Å². The predicted molar refractivity (Wildman–Crippen MR) is 62.6 cm³/mol. The van der Waals surface area contributed by atoms with Crippen molar-refractivity contribution in [3.8, 4) is 0 Å².